The van der Waals surface area contributed by atoms with Crippen LogP contribution >= 0.6 is 0 Å². The summed E-state index contributed by atoms with van der Waals surface area (Å²) in [6, 6.07) is 0.559. The Hall–Kier alpha value is -0.610. The number of likely N-dealkylation sites (tertiary alicyclic amines) is 1. The topological polar surface area (TPSA) is 41.6 Å². The smallest absolute Gasteiger partial charge is 0.222 e. The molecular weight excluding hydrogens is 240 g/mol. The molecule has 0 bridgehead atoms. The van der Waals surface area contributed by atoms with E-state index in [-0.39, 0.29) is 0 Å². The molecule has 1 N–H and O–H groups in total. The van der Waals surface area contributed by atoms with Crippen LogP contribution in [0.5, 0.6) is 0 Å². The number of nitrogens with zero attached hydrogens (tertiary/aromatic N) is 1. The van der Waals surface area contributed by atoms with Gasteiger partial charge in [0.1, 0.15) is 0 Å². The van der Waals surface area contributed by atoms with Crippen molar-refractivity contribution in [3.8, 4) is 0 Å². The quantitative estimate of drug-likeness (QED) is 0.842. The fourth-order valence-electron chi connectivity index (χ4n) is 3.73. The van der Waals surface area contributed by atoms with Crippen LogP contribution in [0.15, 0.2) is 0 Å². The van der Waals surface area contributed by atoms with Gasteiger partial charge in [0.25, 0.3) is 0 Å². The molecule has 0 radical (unpaired) electrons. The Morgan fingerprint density at radius 3 is 2.95 bits per heavy atom. The fraction of sp³-hybridized carbons (Fsp3) is 0.933. The molecule has 3 atom stereocenters. The van der Waals surface area contributed by atoms with E-state index in [1.54, 1.807) is 0 Å². The second-order valence-electron chi connectivity index (χ2n) is 6.29. The number of fused-ring (bicyclic) bond motifs is 1. The van der Waals surface area contributed by atoms with Gasteiger partial charge in [0, 0.05) is 32.2 Å². The number of piperidine rings is 1. The summed E-state index contributed by atoms with van der Waals surface area (Å²) < 4.78 is 5.70. The van der Waals surface area contributed by atoms with E-state index in [1.807, 2.05) is 0 Å². The van der Waals surface area contributed by atoms with Gasteiger partial charge in [0.2, 0.25) is 5.91 Å². The van der Waals surface area contributed by atoms with Gasteiger partial charge in [0.05, 0.1) is 6.10 Å². The Labute approximate surface area is 115 Å². The van der Waals surface area contributed by atoms with Gasteiger partial charge in [0.15, 0.2) is 0 Å². The number of hydrogen-bond acceptors (Lipinski definition) is 3. The lowest BCUT2D eigenvalue weighted by Gasteiger charge is -2.24. The lowest BCUT2D eigenvalue weighted by atomic mass is 9.94. The molecule has 3 aliphatic rings. The summed E-state index contributed by atoms with van der Waals surface area (Å²) in [5.74, 6) is 1.04. The van der Waals surface area contributed by atoms with E-state index < -0.39 is 0 Å². The predicted octanol–water partition coefficient (Wildman–Crippen LogP) is 1.55. The molecule has 0 aromatic carbocycles. The van der Waals surface area contributed by atoms with Crippen molar-refractivity contribution in [3.63, 3.8) is 0 Å². The average molecular weight is 266 g/mol. The third kappa shape index (κ3) is 3.29. The van der Waals surface area contributed by atoms with Crippen LogP contribution in [0.25, 0.3) is 0 Å². The minimum Gasteiger partial charge on any atom is -0.378 e. The zero-order valence-electron chi connectivity index (χ0n) is 11.8. The second kappa shape index (κ2) is 6.23. The van der Waals surface area contributed by atoms with Crippen molar-refractivity contribution in [1.29, 1.82) is 0 Å². The molecule has 0 aliphatic carbocycles. The van der Waals surface area contributed by atoms with E-state index in [0.717, 1.165) is 39.1 Å². The number of rotatable bonds is 3. The van der Waals surface area contributed by atoms with Crippen LogP contribution in [-0.2, 0) is 9.53 Å². The molecular formula is C15H26N2O2. The molecule has 3 unspecified atom stereocenters. The van der Waals surface area contributed by atoms with Crippen molar-refractivity contribution in [1.82, 2.24) is 10.2 Å². The molecule has 1 amide bonds. The standard InChI is InChI=1S/C15H26N2O2/c18-15(7-6-13-5-1-2-9-19-13)17-10-12-4-3-8-16-14(12)11-17/h12-14,16H,1-11H2. The number of carbonyl (C=O) groups is 1. The van der Waals surface area contributed by atoms with E-state index in [0.29, 0.717) is 30.4 Å². The number of hydrogen-bond donors (Lipinski definition) is 1. The van der Waals surface area contributed by atoms with Crippen molar-refractivity contribution in [2.45, 2.75) is 57.1 Å². The Morgan fingerprint density at radius 2 is 2.16 bits per heavy atom. The van der Waals surface area contributed by atoms with Crippen LogP contribution < -0.4 is 5.32 Å². The molecule has 0 saturated carbocycles. The SMILES string of the molecule is O=C(CCC1CCCCO1)N1CC2CCCNC2C1. The van der Waals surface area contributed by atoms with Gasteiger partial charge in [-0.1, -0.05) is 0 Å². The van der Waals surface area contributed by atoms with Crippen molar-refractivity contribution in [2.75, 3.05) is 26.2 Å². The normalized spacial score (nSPS) is 35.2. The van der Waals surface area contributed by atoms with E-state index in [2.05, 4.69) is 10.2 Å². The van der Waals surface area contributed by atoms with Crippen molar-refractivity contribution < 1.29 is 9.53 Å². The summed E-state index contributed by atoms with van der Waals surface area (Å²) in [5.41, 5.74) is 0. The zero-order chi connectivity index (χ0) is 13.1. The summed E-state index contributed by atoms with van der Waals surface area (Å²) in [4.78, 5) is 14.4. The number of amides is 1. The number of nitrogens with one attached hydrogen (secondary N) is 1. The fourth-order valence-corrected chi connectivity index (χ4v) is 3.73. The monoisotopic (exact) mass is 266 g/mol. The van der Waals surface area contributed by atoms with Crippen LogP contribution in [0, 0.1) is 5.92 Å². The summed E-state index contributed by atoms with van der Waals surface area (Å²) >= 11 is 0. The highest BCUT2D eigenvalue weighted by atomic mass is 16.5. The molecule has 0 spiro atoms. The van der Waals surface area contributed by atoms with E-state index in [4.69, 9.17) is 4.74 Å². The Kier molecular flexibility index (Phi) is 4.38. The van der Waals surface area contributed by atoms with E-state index in [1.165, 1.54) is 25.7 Å². The third-order valence-electron chi connectivity index (χ3n) is 4.91. The molecule has 4 nitrogen and oxygen atoms in total. The van der Waals surface area contributed by atoms with Crippen molar-refractivity contribution >= 4 is 5.91 Å². The highest BCUT2D eigenvalue weighted by Gasteiger charge is 2.36. The molecule has 108 valence electrons. The number of carbonyl (C=O) groups excluding carboxylic acids is 1. The molecule has 3 rings (SSSR count). The van der Waals surface area contributed by atoms with Gasteiger partial charge in [-0.15, -0.1) is 0 Å². The third-order valence-corrected chi connectivity index (χ3v) is 4.91. The molecule has 0 aromatic heterocycles. The van der Waals surface area contributed by atoms with Crippen LogP contribution in [0.2, 0.25) is 0 Å². The first-order valence-electron chi connectivity index (χ1n) is 7.95. The van der Waals surface area contributed by atoms with Gasteiger partial charge in [-0.2, -0.15) is 0 Å². The number of ether oxygens (including phenoxy) is 1. The molecule has 19 heavy (non-hydrogen) atoms. The van der Waals surface area contributed by atoms with Crippen LogP contribution in [0.3, 0.4) is 0 Å². The summed E-state index contributed by atoms with van der Waals surface area (Å²) in [7, 11) is 0. The summed E-state index contributed by atoms with van der Waals surface area (Å²) in [5, 5.41) is 3.55. The Balaban J connectivity index is 1.43. The maximum absolute atomic E-state index is 12.3. The van der Waals surface area contributed by atoms with Crippen molar-refractivity contribution in [3.05, 3.63) is 0 Å². The maximum atomic E-state index is 12.3. The van der Waals surface area contributed by atoms with Crippen LogP contribution in [0.4, 0.5) is 0 Å². The molecule has 3 fully saturated rings. The minimum absolute atomic E-state index is 0.334. The first kappa shape index (κ1) is 13.4. The maximum Gasteiger partial charge on any atom is 0.222 e. The van der Waals surface area contributed by atoms with Gasteiger partial charge < -0.3 is 15.0 Å². The largest absolute Gasteiger partial charge is 0.378 e. The highest BCUT2D eigenvalue weighted by molar-refractivity contribution is 5.76. The van der Waals surface area contributed by atoms with Crippen molar-refractivity contribution in [2.24, 2.45) is 5.92 Å². The van der Waals surface area contributed by atoms with Gasteiger partial charge >= 0.3 is 0 Å². The average Bonchev–Trinajstić information content (AvgIpc) is 2.90. The van der Waals surface area contributed by atoms with Gasteiger partial charge in [-0.05, 0) is 51.0 Å². The Morgan fingerprint density at radius 1 is 1.21 bits per heavy atom. The Bertz CT molecular complexity index is 301. The molecule has 4 heteroatoms. The zero-order valence-corrected chi connectivity index (χ0v) is 11.8. The lowest BCUT2D eigenvalue weighted by Crippen LogP contribution is -2.41. The van der Waals surface area contributed by atoms with Gasteiger partial charge in [-0.3, -0.25) is 4.79 Å². The molecule has 3 heterocycles. The van der Waals surface area contributed by atoms with Crippen LogP contribution in [-0.4, -0.2) is 49.2 Å². The minimum atomic E-state index is 0.334. The second-order valence-corrected chi connectivity index (χ2v) is 6.29. The molecule has 3 saturated heterocycles. The summed E-state index contributed by atoms with van der Waals surface area (Å²) in [6.45, 7) is 3.91. The molecule has 0 aromatic rings. The first-order valence-corrected chi connectivity index (χ1v) is 7.95. The summed E-state index contributed by atoms with van der Waals surface area (Å²) in [6.07, 6.45) is 8.05. The molecule has 3 aliphatic heterocycles. The van der Waals surface area contributed by atoms with E-state index >= 15 is 0 Å². The van der Waals surface area contributed by atoms with Gasteiger partial charge in [-0.25, -0.2) is 0 Å². The lowest BCUT2D eigenvalue weighted by molar-refractivity contribution is -0.131. The highest BCUT2D eigenvalue weighted by Crippen LogP contribution is 2.26. The van der Waals surface area contributed by atoms with Crippen LogP contribution in [0.1, 0.15) is 44.9 Å². The predicted molar refractivity (Wildman–Crippen MR) is 73.9 cm³/mol. The van der Waals surface area contributed by atoms with E-state index in [9.17, 15) is 4.79 Å². The first-order chi connectivity index (χ1) is 9.33.